The van der Waals surface area contributed by atoms with Gasteiger partial charge < -0.3 is 9.47 Å². The topological polar surface area (TPSA) is 90.6 Å². The third kappa shape index (κ3) is 6.39. The van der Waals surface area contributed by atoms with Gasteiger partial charge in [0.25, 0.3) is 5.91 Å². The van der Waals surface area contributed by atoms with E-state index in [0.717, 1.165) is 39.4 Å². The maximum atomic E-state index is 12.6. The summed E-state index contributed by atoms with van der Waals surface area (Å²) in [5.74, 6) is 1.99. The van der Waals surface area contributed by atoms with Crippen molar-refractivity contribution >= 4 is 23.9 Å². The lowest BCUT2D eigenvalue weighted by Crippen LogP contribution is -2.20. The van der Waals surface area contributed by atoms with E-state index in [-0.39, 0.29) is 11.7 Å². The van der Waals surface area contributed by atoms with Crippen molar-refractivity contribution in [2.75, 3.05) is 20.0 Å². The lowest BCUT2D eigenvalue weighted by Gasteiger charge is -2.11. The zero-order valence-electron chi connectivity index (χ0n) is 22.0. The highest BCUT2D eigenvalue weighted by Crippen LogP contribution is 2.30. The quantitative estimate of drug-likeness (QED) is 0.133. The van der Waals surface area contributed by atoms with Crippen molar-refractivity contribution in [3.05, 3.63) is 109 Å². The average molecular weight is 550 g/mol. The van der Waals surface area contributed by atoms with Crippen LogP contribution in [0.4, 0.5) is 0 Å². The number of aromatic nitrogens is 3. The Hall–Kier alpha value is -4.89. The van der Waals surface area contributed by atoms with Crippen LogP contribution in [0, 0.1) is 0 Å². The highest BCUT2D eigenvalue weighted by molar-refractivity contribution is 7.99. The van der Waals surface area contributed by atoms with Crippen LogP contribution in [0.1, 0.15) is 5.56 Å². The number of benzene rings is 4. The first-order valence-electron chi connectivity index (χ1n) is 12.5. The van der Waals surface area contributed by atoms with E-state index in [0.29, 0.717) is 11.0 Å². The SMILES string of the molecule is COc1ccc(-c2nnc(SCC(=O)N/N=C\c3ccc(-c4ccccc4)cc3)n2-c2ccc(OC)cc2)cc1. The molecule has 8 nitrogen and oxygen atoms in total. The Morgan fingerprint density at radius 2 is 1.40 bits per heavy atom. The van der Waals surface area contributed by atoms with Crippen LogP contribution in [-0.2, 0) is 4.79 Å². The van der Waals surface area contributed by atoms with Crippen molar-refractivity contribution in [3.8, 4) is 39.7 Å². The third-order valence-corrected chi connectivity index (χ3v) is 6.99. The predicted molar refractivity (Wildman–Crippen MR) is 158 cm³/mol. The number of thioether (sulfide) groups is 1. The molecule has 0 unspecified atom stereocenters. The van der Waals surface area contributed by atoms with Crippen LogP contribution in [0.3, 0.4) is 0 Å². The van der Waals surface area contributed by atoms with Crippen LogP contribution in [0.25, 0.3) is 28.2 Å². The monoisotopic (exact) mass is 549 g/mol. The highest BCUT2D eigenvalue weighted by atomic mass is 32.2. The molecule has 0 bridgehead atoms. The second-order valence-corrected chi connectivity index (χ2v) is 9.58. The summed E-state index contributed by atoms with van der Waals surface area (Å²) >= 11 is 1.28. The molecule has 0 aliphatic carbocycles. The van der Waals surface area contributed by atoms with Gasteiger partial charge in [-0.3, -0.25) is 9.36 Å². The smallest absolute Gasteiger partial charge is 0.250 e. The number of nitrogens with one attached hydrogen (secondary N) is 1. The first-order chi connectivity index (χ1) is 19.6. The molecule has 5 rings (SSSR count). The first-order valence-corrected chi connectivity index (χ1v) is 13.5. The van der Waals surface area contributed by atoms with Crippen LogP contribution in [0.5, 0.6) is 11.5 Å². The predicted octanol–water partition coefficient (Wildman–Crippen LogP) is 5.86. The van der Waals surface area contributed by atoms with E-state index >= 15 is 0 Å². The number of hydrogen-bond donors (Lipinski definition) is 1. The molecule has 0 radical (unpaired) electrons. The Morgan fingerprint density at radius 1 is 0.800 bits per heavy atom. The van der Waals surface area contributed by atoms with Gasteiger partial charge in [-0.25, -0.2) is 5.43 Å². The van der Waals surface area contributed by atoms with Gasteiger partial charge in [0.1, 0.15) is 11.5 Å². The minimum atomic E-state index is -0.252. The zero-order valence-corrected chi connectivity index (χ0v) is 22.8. The molecule has 9 heteroatoms. The molecule has 1 aromatic heterocycles. The van der Waals surface area contributed by atoms with Gasteiger partial charge in [-0.2, -0.15) is 5.10 Å². The number of nitrogens with zero attached hydrogens (tertiary/aromatic N) is 4. The molecular formula is C31H27N5O3S. The minimum Gasteiger partial charge on any atom is -0.497 e. The summed E-state index contributed by atoms with van der Waals surface area (Å²) in [5, 5.41) is 13.5. The molecule has 1 amide bonds. The van der Waals surface area contributed by atoms with Crippen LogP contribution in [0.2, 0.25) is 0 Å². The fourth-order valence-corrected chi connectivity index (χ4v) is 4.73. The fraction of sp³-hybridized carbons (Fsp3) is 0.0968. The van der Waals surface area contributed by atoms with Gasteiger partial charge in [0, 0.05) is 11.3 Å². The molecular weight excluding hydrogens is 522 g/mol. The molecule has 0 fully saturated rings. The number of ether oxygens (including phenoxy) is 2. The molecule has 4 aromatic carbocycles. The number of methoxy groups -OCH3 is 2. The molecule has 0 saturated heterocycles. The number of hydrogen-bond acceptors (Lipinski definition) is 7. The summed E-state index contributed by atoms with van der Waals surface area (Å²) in [7, 11) is 3.25. The van der Waals surface area contributed by atoms with E-state index in [9.17, 15) is 4.79 Å². The van der Waals surface area contributed by atoms with Crippen molar-refractivity contribution in [2.45, 2.75) is 5.16 Å². The molecule has 0 spiro atoms. The van der Waals surface area contributed by atoms with Crippen molar-refractivity contribution in [3.63, 3.8) is 0 Å². The van der Waals surface area contributed by atoms with E-state index in [1.54, 1.807) is 20.4 Å². The minimum absolute atomic E-state index is 0.112. The lowest BCUT2D eigenvalue weighted by molar-refractivity contribution is -0.118. The zero-order chi connectivity index (χ0) is 27.7. The molecule has 0 aliphatic heterocycles. The highest BCUT2D eigenvalue weighted by Gasteiger charge is 2.17. The summed E-state index contributed by atoms with van der Waals surface area (Å²) in [4.78, 5) is 12.6. The van der Waals surface area contributed by atoms with Crippen molar-refractivity contribution < 1.29 is 14.3 Å². The van der Waals surface area contributed by atoms with Gasteiger partial charge in [-0.1, -0.05) is 66.4 Å². The maximum Gasteiger partial charge on any atom is 0.250 e. The number of amides is 1. The molecule has 5 aromatic rings. The molecule has 0 aliphatic rings. The summed E-state index contributed by atoms with van der Waals surface area (Å²) < 4.78 is 12.5. The van der Waals surface area contributed by atoms with Gasteiger partial charge in [0.2, 0.25) is 0 Å². The molecule has 0 atom stereocenters. The molecule has 1 N–H and O–H groups in total. The summed E-state index contributed by atoms with van der Waals surface area (Å²) in [6.45, 7) is 0. The second-order valence-electron chi connectivity index (χ2n) is 8.64. The van der Waals surface area contributed by atoms with E-state index in [1.165, 1.54) is 11.8 Å². The van der Waals surface area contributed by atoms with Crippen LogP contribution in [0.15, 0.2) is 113 Å². The van der Waals surface area contributed by atoms with Crippen molar-refractivity contribution in [1.29, 1.82) is 0 Å². The van der Waals surface area contributed by atoms with Crippen molar-refractivity contribution in [2.24, 2.45) is 5.10 Å². The lowest BCUT2D eigenvalue weighted by atomic mass is 10.0. The van der Waals surface area contributed by atoms with E-state index in [2.05, 4.69) is 32.9 Å². The van der Waals surface area contributed by atoms with E-state index < -0.39 is 0 Å². The Bertz CT molecular complexity index is 1580. The van der Waals surface area contributed by atoms with Crippen molar-refractivity contribution in [1.82, 2.24) is 20.2 Å². The van der Waals surface area contributed by atoms with Crippen LogP contribution >= 0.6 is 11.8 Å². The Kier molecular flexibility index (Phi) is 8.53. The Labute approximate surface area is 236 Å². The molecule has 0 saturated carbocycles. The molecule has 200 valence electrons. The number of hydrazone groups is 1. The van der Waals surface area contributed by atoms with Gasteiger partial charge in [0.15, 0.2) is 11.0 Å². The third-order valence-electron chi connectivity index (χ3n) is 6.07. The van der Waals surface area contributed by atoms with Gasteiger partial charge in [0.05, 0.1) is 26.2 Å². The second kappa shape index (κ2) is 12.8. The Balaban J connectivity index is 1.27. The number of carbonyl (C=O) groups is 1. The van der Waals surface area contributed by atoms with Crippen LogP contribution < -0.4 is 14.9 Å². The maximum absolute atomic E-state index is 12.6. The van der Waals surface area contributed by atoms with Gasteiger partial charge in [-0.05, 0) is 65.2 Å². The normalized spacial score (nSPS) is 10.9. The van der Waals surface area contributed by atoms with Gasteiger partial charge in [-0.15, -0.1) is 10.2 Å². The summed E-state index contributed by atoms with van der Waals surface area (Å²) in [6.07, 6.45) is 1.62. The van der Waals surface area contributed by atoms with Gasteiger partial charge >= 0.3 is 0 Å². The first kappa shape index (κ1) is 26.7. The standard InChI is InChI=1S/C31H27N5O3S/c1-38-27-16-12-25(13-17-27)30-34-35-31(36(30)26-14-18-28(39-2)19-15-26)40-21-29(37)33-32-20-22-8-10-24(11-9-22)23-6-4-3-5-7-23/h3-20H,21H2,1-2H3,(H,33,37)/b32-20-. The summed E-state index contributed by atoms with van der Waals surface area (Å²) in [5.41, 5.74) is 7.45. The molecule has 1 heterocycles. The fourth-order valence-electron chi connectivity index (χ4n) is 3.99. The Morgan fingerprint density at radius 3 is 2.05 bits per heavy atom. The number of carbonyl (C=O) groups excluding carboxylic acids is 1. The van der Waals surface area contributed by atoms with E-state index in [4.69, 9.17) is 9.47 Å². The van der Waals surface area contributed by atoms with Crippen LogP contribution in [-0.4, -0.2) is 46.9 Å². The number of rotatable bonds is 10. The van der Waals surface area contributed by atoms with E-state index in [1.807, 2.05) is 95.6 Å². The largest absolute Gasteiger partial charge is 0.497 e. The molecule has 40 heavy (non-hydrogen) atoms. The summed E-state index contributed by atoms with van der Waals surface area (Å²) in [6, 6.07) is 33.3. The average Bonchev–Trinajstić information content (AvgIpc) is 3.45.